The molecule has 3 aromatic rings. The highest BCUT2D eigenvalue weighted by molar-refractivity contribution is 6.24. The molecular weight excluding hydrogens is 554 g/mol. The number of aromatic nitrogens is 1. The average molecular weight is 584 g/mol. The molecule has 1 saturated carbocycles. The van der Waals surface area contributed by atoms with E-state index in [0.717, 1.165) is 5.69 Å². The lowest BCUT2D eigenvalue weighted by molar-refractivity contribution is -0.153. The molecule has 5 N–H and O–H groups in total. The van der Waals surface area contributed by atoms with Gasteiger partial charge in [-0.1, -0.05) is 0 Å². The Morgan fingerprint density at radius 2 is 1.84 bits per heavy atom. The van der Waals surface area contributed by atoms with Crippen molar-refractivity contribution < 1.29 is 34.1 Å². The number of aliphatic hydroxyl groups excluding tert-OH is 2. The van der Waals surface area contributed by atoms with E-state index in [1.165, 1.54) is 4.90 Å². The minimum absolute atomic E-state index is 0.0452. The van der Waals surface area contributed by atoms with Crippen LogP contribution in [0.1, 0.15) is 23.1 Å². The van der Waals surface area contributed by atoms with Gasteiger partial charge >= 0.3 is 0 Å². The Labute approximate surface area is 245 Å². The Morgan fingerprint density at radius 1 is 1.16 bits per heavy atom. The molecule has 1 heterocycles. The summed E-state index contributed by atoms with van der Waals surface area (Å²) in [5.41, 5.74) is 5.09. The third-order valence-corrected chi connectivity index (χ3v) is 8.82. The Morgan fingerprint density at radius 3 is 2.42 bits per heavy atom. The van der Waals surface area contributed by atoms with Crippen molar-refractivity contribution >= 4 is 40.0 Å². The number of amides is 1. The van der Waals surface area contributed by atoms with E-state index >= 15 is 0 Å². The normalized spacial score (nSPS) is 25.0. The van der Waals surface area contributed by atoms with Gasteiger partial charge in [-0.15, -0.1) is 0 Å². The lowest BCUT2D eigenvalue weighted by atomic mass is 9.57. The van der Waals surface area contributed by atoms with Crippen molar-refractivity contribution in [1.82, 2.24) is 9.88 Å². The summed E-state index contributed by atoms with van der Waals surface area (Å²) in [6, 6.07) is 9.39. The van der Waals surface area contributed by atoms with Gasteiger partial charge in [-0.2, -0.15) is 5.26 Å². The van der Waals surface area contributed by atoms with Crippen molar-refractivity contribution in [3.05, 3.63) is 63.9 Å². The van der Waals surface area contributed by atoms with Crippen molar-refractivity contribution in [2.75, 3.05) is 33.1 Å². The van der Waals surface area contributed by atoms with Crippen molar-refractivity contribution in [3.8, 4) is 17.5 Å². The lowest BCUT2D eigenvalue weighted by Gasteiger charge is -2.50. The molecule has 2 aromatic carbocycles. The first-order valence-corrected chi connectivity index (χ1v) is 13.6. The van der Waals surface area contributed by atoms with Crippen LogP contribution in [0.3, 0.4) is 0 Å². The number of primary amides is 1. The summed E-state index contributed by atoms with van der Waals surface area (Å²) in [5, 5.41) is 43.9. The molecule has 1 fully saturated rings. The largest absolute Gasteiger partial charge is 0.508 e. The first-order chi connectivity index (χ1) is 20.3. The summed E-state index contributed by atoms with van der Waals surface area (Å²) in [4.78, 5) is 47.7. The number of aliphatic hydroxyl groups is 3. The monoisotopic (exact) mass is 583 g/mol. The summed E-state index contributed by atoms with van der Waals surface area (Å²) >= 11 is 0. The van der Waals surface area contributed by atoms with Gasteiger partial charge in [0.2, 0.25) is 11.7 Å². The highest BCUT2D eigenvalue weighted by Crippen LogP contribution is 2.53. The zero-order chi connectivity index (χ0) is 31.1. The maximum Gasteiger partial charge on any atom is 0.255 e. The number of Topliss-reactive ketones (excluding diaryl/α,β-unsaturated/α-hetero) is 2. The molecule has 3 aliphatic carbocycles. The van der Waals surface area contributed by atoms with E-state index in [1.54, 1.807) is 38.4 Å². The molecule has 43 heavy (non-hydrogen) atoms. The van der Waals surface area contributed by atoms with Gasteiger partial charge in [0.05, 0.1) is 23.2 Å². The number of benzene rings is 2. The fourth-order valence-electron chi connectivity index (χ4n) is 6.89. The quantitative estimate of drug-likeness (QED) is 0.328. The van der Waals surface area contributed by atoms with E-state index in [0.29, 0.717) is 22.2 Å². The standard InChI is InChI=1S/C31H29N5O7/c1-35(2)19-11-18-26(43-30(34-18)14-7-5-13(12-32)6-8-14)21-16(19)9-15-10-17-23(36(3)4)25(38)22(29(33)41)28(40)31(17,42)27(39)20(15)24(21)37/h5-8,11,15,17,23,37,40,42H,9-10H2,1-4H3,(H2,33,41)/t15?,17?,23-,31-/m0/s1. The van der Waals surface area contributed by atoms with E-state index in [-0.39, 0.29) is 35.5 Å². The van der Waals surface area contributed by atoms with E-state index in [1.807, 2.05) is 25.1 Å². The fourth-order valence-corrected chi connectivity index (χ4v) is 6.89. The van der Waals surface area contributed by atoms with E-state index in [4.69, 9.17) is 15.4 Å². The first kappa shape index (κ1) is 28.1. The zero-order valence-electron chi connectivity index (χ0n) is 23.9. The third kappa shape index (κ3) is 3.82. The van der Waals surface area contributed by atoms with E-state index in [9.17, 15) is 29.7 Å². The van der Waals surface area contributed by atoms with E-state index < -0.39 is 58.0 Å². The number of hydrogen-bond acceptors (Lipinski definition) is 11. The van der Waals surface area contributed by atoms with Crippen molar-refractivity contribution in [2.45, 2.75) is 24.5 Å². The Hall–Kier alpha value is -4.99. The number of oxazole rings is 1. The number of nitrogens with zero attached hydrogens (tertiary/aromatic N) is 4. The predicted octanol–water partition coefficient (Wildman–Crippen LogP) is 2.00. The molecule has 6 rings (SSSR count). The van der Waals surface area contributed by atoms with Gasteiger partial charge in [-0.25, -0.2) is 4.98 Å². The Bertz CT molecular complexity index is 1860. The van der Waals surface area contributed by atoms with Gasteiger partial charge in [0.15, 0.2) is 17.0 Å². The molecule has 12 nitrogen and oxygen atoms in total. The molecule has 0 aliphatic heterocycles. The number of likely N-dealkylation sites (N-methyl/N-ethyl adjacent to an activating group) is 1. The molecule has 12 heteroatoms. The number of rotatable bonds is 4. The number of nitriles is 1. The summed E-state index contributed by atoms with van der Waals surface area (Å²) < 4.78 is 6.16. The summed E-state index contributed by atoms with van der Waals surface area (Å²) in [7, 11) is 6.81. The van der Waals surface area contributed by atoms with Gasteiger partial charge in [0.1, 0.15) is 22.6 Å². The zero-order valence-corrected chi connectivity index (χ0v) is 23.9. The Kier molecular flexibility index (Phi) is 6.23. The minimum Gasteiger partial charge on any atom is -0.508 e. The fraction of sp³-hybridized carbons (Fsp3) is 0.323. The van der Waals surface area contributed by atoms with Crippen LogP contribution in [0.25, 0.3) is 28.3 Å². The van der Waals surface area contributed by atoms with Crippen molar-refractivity contribution in [2.24, 2.45) is 17.6 Å². The maximum absolute atomic E-state index is 14.2. The number of fused-ring (bicyclic) bond motifs is 5. The van der Waals surface area contributed by atoms with Gasteiger partial charge < -0.3 is 30.4 Å². The molecule has 2 unspecified atom stereocenters. The molecule has 220 valence electrons. The first-order valence-electron chi connectivity index (χ1n) is 13.6. The molecule has 3 aliphatic rings. The molecule has 1 amide bonds. The summed E-state index contributed by atoms with van der Waals surface area (Å²) in [5.74, 6) is -6.10. The lowest BCUT2D eigenvalue weighted by Crippen LogP contribution is -2.65. The van der Waals surface area contributed by atoms with Crippen LogP contribution in [-0.2, 0) is 20.8 Å². The highest BCUT2D eigenvalue weighted by Gasteiger charge is 2.64. The predicted molar refractivity (Wildman–Crippen MR) is 155 cm³/mol. The second-order valence-electron chi connectivity index (χ2n) is 11.7. The van der Waals surface area contributed by atoms with Gasteiger partial charge in [-0.05, 0) is 68.8 Å². The van der Waals surface area contributed by atoms with Crippen LogP contribution in [0, 0.1) is 23.2 Å². The molecule has 0 spiro atoms. The molecule has 1 aromatic heterocycles. The molecular formula is C31H29N5O7. The van der Waals surface area contributed by atoms with Crippen LogP contribution in [0.15, 0.2) is 51.7 Å². The molecule has 4 atom stereocenters. The van der Waals surface area contributed by atoms with Crippen molar-refractivity contribution in [1.29, 1.82) is 5.26 Å². The van der Waals surface area contributed by atoms with Crippen LogP contribution in [-0.4, -0.2) is 82.5 Å². The summed E-state index contributed by atoms with van der Waals surface area (Å²) in [6.07, 6.45) is 0.300. The smallest absolute Gasteiger partial charge is 0.255 e. The van der Waals surface area contributed by atoms with E-state index in [2.05, 4.69) is 11.1 Å². The number of carbonyl (C=O) groups excluding carboxylic acids is 3. The third-order valence-electron chi connectivity index (χ3n) is 8.82. The number of hydrogen-bond donors (Lipinski definition) is 4. The summed E-state index contributed by atoms with van der Waals surface area (Å²) in [6.45, 7) is 0. The SMILES string of the molecule is CN(C)c1cc2nc(-c3ccc(C#N)cc3)oc2c2c1CC1CC3[C@H](N(C)C)C(=O)C(C(N)=O)=C(O)[C@@]3(O)C(=O)C1=C2O. The number of carbonyl (C=O) groups is 3. The van der Waals surface area contributed by atoms with Crippen LogP contribution in [0.2, 0.25) is 0 Å². The number of ketones is 2. The van der Waals surface area contributed by atoms with Crippen LogP contribution >= 0.6 is 0 Å². The second-order valence-corrected chi connectivity index (χ2v) is 11.7. The van der Waals surface area contributed by atoms with Crippen LogP contribution in [0.5, 0.6) is 0 Å². The van der Waals surface area contributed by atoms with Crippen LogP contribution in [0.4, 0.5) is 5.69 Å². The molecule has 0 bridgehead atoms. The van der Waals surface area contributed by atoms with Crippen LogP contribution < -0.4 is 10.6 Å². The average Bonchev–Trinajstić information content (AvgIpc) is 3.38. The number of anilines is 1. The Balaban J connectivity index is 1.59. The highest BCUT2D eigenvalue weighted by atomic mass is 16.4. The van der Waals surface area contributed by atoms with Gasteiger partial charge in [0.25, 0.3) is 5.91 Å². The number of nitrogens with two attached hydrogens (primary N) is 1. The topological polar surface area (TPSA) is 194 Å². The molecule has 0 saturated heterocycles. The van der Waals surface area contributed by atoms with Gasteiger partial charge in [-0.3, -0.25) is 19.3 Å². The molecule has 0 radical (unpaired) electrons. The maximum atomic E-state index is 14.2. The van der Waals surface area contributed by atoms with Crippen molar-refractivity contribution in [3.63, 3.8) is 0 Å². The van der Waals surface area contributed by atoms with Gasteiger partial charge in [0, 0.05) is 36.8 Å². The minimum atomic E-state index is -2.67. The second kappa shape index (κ2) is 9.52.